The smallest absolute Gasteiger partial charge is 0.414 e. The van der Waals surface area contributed by atoms with Gasteiger partial charge in [0.15, 0.2) is 11.6 Å². The second-order valence-corrected chi connectivity index (χ2v) is 10.5. The lowest BCUT2D eigenvalue weighted by Crippen LogP contribution is -2.45. The number of phenols is 2. The quantitative estimate of drug-likeness (QED) is 0.240. The van der Waals surface area contributed by atoms with E-state index in [0.717, 1.165) is 0 Å². The summed E-state index contributed by atoms with van der Waals surface area (Å²) in [5.74, 6) is -4.13. The number of benzene rings is 2. The first-order valence-corrected chi connectivity index (χ1v) is 11.1. The van der Waals surface area contributed by atoms with Crippen LogP contribution in [0.25, 0.3) is 0 Å². The molecule has 35 heavy (non-hydrogen) atoms. The lowest BCUT2D eigenvalue weighted by molar-refractivity contribution is -0.120. The molecule has 10 nitrogen and oxygen atoms in total. The zero-order chi connectivity index (χ0) is 25.9. The Morgan fingerprint density at radius 1 is 1.06 bits per heavy atom. The molecule has 0 fully saturated rings. The van der Waals surface area contributed by atoms with Gasteiger partial charge in [-0.3, -0.25) is 19.7 Å². The average molecular weight is 545 g/mol. The first kappa shape index (κ1) is 25.2. The van der Waals surface area contributed by atoms with Crippen LogP contribution in [-0.2, 0) is 16.0 Å². The first-order valence-electron chi connectivity index (χ1n) is 9.99. The summed E-state index contributed by atoms with van der Waals surface area (Å²) in [6.45, 7) is -0.782. The van der Waals surface area contributed by atoms with Crippen LogP contribution in [0.15, 0.2) is 24.3 Å². The number of alkyl carbamates (subject to hydrolysis) is 1. The first-order chi connectivity index (χ1) is 16.2. The van der Waals surface area contributed by atoms with Crippen molar-refractivity contribution in [1.82, 2.24) is 5.32 Å². The fourth-order valence-electron chi connectivity index (χ4n) is 4.29. The van der Waals surface area contributed by atoms with Gasteiger partial charge < -0.3 is 25.2 Å². The van der Waals surface area contributed by atoms with Gasteiger partial charge in [0, 0.05) is 35.1 Å². The van der Waals surface area contributed by atoms with Crippen LogP contribution < -0.4 is 5.32 Å². The molecule has 2 amide bonds. The number of carbonyl (C=O) groups is 4. The second kappa shape index (κ2) is 8.65. The molecule has 0 bridgehead atoms. The van der Waals surface area contributed by atoms with Crippen LogP contribution in [0.1, 0.15) is 55.5 Å². The van der Waals surface area contributed by atoms with E-state index in [9.17, 15) is 39.6 Å². The number of aliphatic hydroxyl groups excluding tert-OH is 1. The zero-order valence-corrected chi connectivity index (χ0v) is 19.7. The number of phenolic OH excluding ortho intramolecular Hbond substituents is 2. The Bertz CT molecular complexity index is 1300. The number of halogens is 3. The number of imide groups is 1. The van der Waals surface area contributed by atoms with Crippen molar-refractivity contribution >= 4 is 58.4 Å². The highest BCUT2D eigenvalue weighted by Gasteiger charge is 2.45. The molecule has 0 aliphatic heterocycles. The molecule has 13 heteroatoms. The van der Waals surface area contributed by atoms with Crippen molar-refractivity contribution in [3.63, 3.8) is 0 Å². The predicted molar refractivity (Wildman–Crippen MR) is 121 cm³/mol. The summed E-state index contributed by atoms with van der Waals surface area (Å²) < 4.78 is 2.36. The van der Waals surface area contributed by atoms with Crippen LogP contribution in [0.2, 0.25) is 0 Å². The van der Waals surface area contributed by atoms with Crippen molar-refractivity contribution in [2.75, 3.05) is 6.61 Å². The van der Waals surface area contributed by atoms with E-state index in [1.807, 2.05) is 0 Å². The number of hydrogen-bond acceptors (Lipinski definition) is 9. The van der Waals surface area contributed by atoms with Crippen LogP contribution >= 0.6 is 34.8 Å². The molecule has 184 valence electrons. The van der Waals surface area contributed by atoms with E-state index in [0.29, 0.717) is 0 Å². The molecule has 5 N–H and O–H groups in total. The summed E-state index contributed by atoms with van der Waals surface area (Å²) >= 11 is 16.0. The van der Waals surface area contributed by atoms with Crippen LogP contribution in [0.5, 0.6) is 11.5 Å². The molecule has 0 saturated heterocycles. The molecular weight excluding hydrogens is 529 g/mol. The minimum Gasteiger partial charge on any atom is -0.507 e. The number of aliphatic hydroxyl groups is 2. The van der Waals surface area contributed by atoms with Crippen LogP contribution in [0, 0.1) is 0 Å². The van der Waals surface area contributed by atoms with Crippen molar-refractivity contribution in [3.05, 3.63) is 57.6 Å². The fourth-order valence-corrected chi connectivity index (χ4v) is 4.44. The van der Waals surface area contributed by atoms with Crippen LogP contribution in [0.4, 0.5) is 4.79 Å². The normalized spacial score (nSPS) is 21.0. The SMILES string of the molecule is O=C(NC(=O)C(Cl)(Cl)Cl)OCC1(O)Cc2c(O)c3c(c(O)c2[C@@H](O)C1)C(=O)c1ccccc1C3=O. The number of hydrogen-bond donors (Lipinski definition) is 5. The van der Waals surface area contributed by atoms with Gasteiger partial charge in [-0.1, -0.05) is 59.1 Å². The third-order valence-electron chi connectivity index (χ3n) is 5.82. The highest BCUT2D eigenvalue weighted by atomic mass is 35.6. The van der Waals surface area contributed by atoms with Gasteiger partial charge in [0.05, 0.1) is 17.2 Å². The molecule has 0 radical (unpaired) electrons. The summed E-state index contributed by atoms with van der Waals surface area (Å²) in [7, 11) is 0. The van der Waals surface area contributed by atoms with Crippen LogP contribution in [0.3, 0.4) is 0 Å². The van der Waals surface area contributed by atoms with E-state index < -0.39 is 81.1 Å². The summed E-state index contributed by atoms with van der Waals surface area (Å²) in [5.41, 5.74) is -3.30. The van der Waals surface area contributed by atoms with E-state index in [2.05, 4.69) is 0 Å². The number of rotatable bonds is 2. The maximum atomic E-state index is 13.1. The summed E-state index contributed by atoms with van der Waals surface area (Å²) in [6, 6.07) is 5.86. The number of alkyl halides is 3. The van der Waals surface area contributed by atoms with E-state index in [-0.39, 0.29) is 22.3 Å². The monoisotopic (exact) mass is 543 g/mol. The lowest BCUT2D eigenvalue weighted by atomic mass is 9.73. The van der Waals surface area contributed by atoms with Gasteiger partial charge in [0.25, 0.3) is 9.70 Å². The number of aromatic hydroxyl groups is 2. The summed E-state index contributed by atoms with van der Waals surface area (Å²) in [4.78, 5) is 49.5. The Balaban J connectivity index is 1.67. The van der Waals surface area contributed by atoms with Crippen molar-refractivity contribution in [3.8, 4) is 11.5 Å². The molecule has 2 aromatic carbocycles. The van der Waals surface area contributed by atoms with Gasteiger partial charge in [0.1, 0.15) is 23.7 Å². The number of amides is 2. The molecular formula is C22H16Cl3NO9. The Kier molecular flexibility index (Phi) is 6.23. The van der Waals surface area contributed by atoms with E-state index >= 15 is 0 Å². The molecule has 4 rings (SSSR count). The summed E-state index contributed by atoms with van der Waals surface area (Å²) in [6.07, 6.45) is -3.95. The van der Waals surface area contributed by atoms with Crippen molar-refractivity contribution < 1.29 is 44.3 Å². The molecule has 0 saturated carbocycles. The largest absolute Gasteiger partial charge is 0.507 e. The minimum atomic E-state index is -2.44. The molecule has 2 aliphatic rings. The van der Waals surface area contributed by atoms with Gasteiger partial charge >= 0.3 is 6.09 Å². The van der Waals surface area contributed by atoms with Crippen LogP contribution in [-0.4, -0.2) is 60.0 Å². The predicted octanol–water partition coefficient (Wildman–Crippen LogP) is 2.21. The fraction of sp³-hybridized carbons (Fsp3) is 0.273. The third-order valence-corrected chi connectivity index (χ3v) is 6.33. The third kappa shape index (κ3) is 4.32. The Morgan fingerprint density at radius 2 is 1.60 bits per heavy atom. The molecule has 1 unspecified atom stereocenters. The molecule has 0 spiro atoms. The van der Waals surface area contributed by atoms with E-state index in [1.54, 1.807) is 5.32 Å². The highest BCUT2D eigenvalue weighted by Crippen LogP contribution is 2.50. The number of ether oxygens (including phenoxy) is 1. The Hall–Kier alpha value is -2.89. The maximum absolute atomic E-state index is 13.1. The van der Waals surface area contributed by atoms with E-state index in [4.69, 9.17) is 39.5 Å². The van der Waals surface area contributed by atoms with Crippen molar-refractivity contribution in [2.24, 2.45) is 0 Å². The van der Waals surface area contributed by atoms with Gasteiger partial charge in [-0.2, -0.15) is 0 Å². The van der Waals surface area contributed by atoms with Gasteiger partial charge in [-0.15, -0.1) is 0 Å². The molecule has 2 aromatic rings. The molecule has 0 aromatic heterocycles. The van der Waals surface area contributed by atoms with E-state index in [1.165, 1.54) is 24.3 Å². The summed E-state index contributed by atoms with van der Waals surface area (Å²) in [5, 5.41) is 45.1. The maximum Gasteiger partial charge on any atom is 0.414 e. The average Bonchev–Trinajstić information content (AvgIpc) is 2.77. The molecule has 2 atom stereocenters. The standard InChI is InChI=1S/C22H16Cl3NO9/c23-22(24,25)19(32)26-20(33)35-7-21(34)5-10-12(11(27)6-21)18(31)14-13(17(10)30)15(28)8-3-1-2-4-9(8)16(14)29/h1-4,11,27,30-31,34H,5-7H2,(H,26,32,33)/t11-,21?/m0/s1. The number of fused-ring (bicyclic) bond motifs is 3. The number of nitrogens with one attached hydrogen (secondary N) is 1. The van der Waals surface area contributed by atoms with Crippen molar-refractivity contribution in [2.45, 2.75) is 28.3 Å². The Labute approximate surface area is 212 Å². The lowest BCUT2D eigenvalue weighted by Gasteiger charge is -2.37. The molecule has 2 aliphatic carbocycles. The number of carbonyl (C=O) groups excluding carboxylic acids is 4. The number of ketones is 2. The minimum absolute atomic E-state index is 0.0184. The Morgan fingerprint density at radius 3 is 2.14 bits per heavy atom. The van der Waals surface area contributed by atoms with Gasteiger partial charge in [0.2, 0.25) is 0 Å². The zero-order valence-electron chi connectivity index (χ0n) is 17.5. The molecule has 0 heterocycles. The second-order valence-electron chi connectivity index (χ2n) is 8.19. The van der Waals surface area contributed by atoms with Gasteiger partial charge in [-0.25, -0.2) is 4.79 Å². The van der Waals surface area contributed by atoms with Gasteiger partial charge in [-0.05, 0) is 0 Å². The highest BCUT2D eigenvalue weighted by molar-refractivity contribution is 6.76. The topological polar surface area (TPSA) is 170 Å². The van der Waals surface area contributed by atoms with Crippen molar-refractivity contribution in [1.29, 1.82) is 0 Å².